The Labute approximate surface area is 117 Å². The number of amides is 1. The number of hydrogen-bond donors (Lipinski definition) is 1. The summed E-state index contributed by atoms with van der Waals surface area (Å²) in [5.41, 5.74) is 7.67. The molecule has 0 aliphatic carbocycles. The third-order valence-electron chi connectivity index (χ3n) is 3.39. The summed E-state index contributed by atoms with van der Waals surface area (Å²) in [6, 6.07) is 12.9. The fraction of sp³-hybridized carbons (Fsp3) is 0.188. The van der Waals surface area contributed by atoms with Gasteiger partial charge in [-0.15, -0.1) is 0 Å². The minimum Gasteiger partial charge on any atom is -0.399 e. The van der Waals surface area contributed by atoms with Gasteiger partial charge < -0.3 is 10.6 Å². The van der Waals surface area contributed by atoms with Crippen molar-refractivity contribution in [2.24, 2.45) is 0 Å². The second kappa shape index (κ2) is 5.74. The molecule has 2 rings (SSSR count). The summed E-state index contributed by atoms with van der Waals surface area (Å²) in [6.45, 7) is 1.90. The van der Waals surface area contributed by atoms with Crippen molar-refractivity contribution < 1.29 is 9.18 Å². The van der Waals surface area contributed by atoms with Crippen molar-refractivity contribution in [2.45, 2.75) is 13.0 Å². The first-order valence-electron chi connectivity index (χ1n) is 6.37. The lowest BCUT2D eigenvalue weighted by atomic mass is 10.1. The van der Waals surface area contributed by atoms with Crippen LogP contribution in [0.5, 0.6) is 0 Å². The van der Waals surface area contributed by atoms with E-state index in [1.807, 2.05) is 6.92 Å². The maximum Gasteiger partial charge on any atom is 0.254 e. The van der Waals surface area contributed by atoms with Gasteiger partial charge >= 0.3 is 0 Å². The molecular weight excluding hydrogens is 255 g/mol. The Morgan fingerprint density at radius 2 is 1.85 bits per heavy atom. The smallest absolute Gasteiger partial charge is 0.254 e. The molecule has 0 heterocycles. The Morgan fingerprint density at radius 3 is 2.45 bits per heavy atom. The van der Waals surface area contributed by atoms with Gasteiger partial charge in [-0.1, -0.05) is 18.2 Å². The van der Waals surface area contributed by atoms with Gasteiger partial charge in [-0.05, 0) is 42.8 Å². The molecule has 0 aliphatic heterocycles. The third-order valence-corrected chi connectivity index (χ3v) is 3.39. The number of rotatable bonds is 3. The van der Waals surface area contributed by atoms with E-state index in [4.69, 9.17) is 5.73 Å². The van der Waals surface area contributed by atoms with Crippen LogP contribution in [-0.2, 0) is 0 Å². The number of carbonyl (C=O) groups is 1. The van der Waals surface area contributed by atoms with Crippen molar-refractivity contribution in [1.29, 1.82) is 0 Å². The van der Waals surface area contributed by atoms with E-state index in [2.05, 4.69) is 0 Å². The standard InChI is InChI=1S/C16H17FN2O/c1-11(12-6-8-14(17)9-7-12)19(2)16(20)13-4-3-5-15(18)10-13/h3-11H,18H2,1-2H3. The molecule has 0 bridgehead atoms. The van der Waals surface area contributed by atoms with Crippen molar-refractivity contribution in [3.8, 4) is 0 Å². The van der Waals surface area contributed by atoms with Crippen molar-refractivity contribution >= 4 is 11.6 Å². The molecule has 0 fully saturated rings. The van der Waals surface area contributed by atoms with Crippen LogP contribution in [0.2, 0.25) is 0 Å². The molecule has 0 saturated heterocycles. The zero-order valence-corrected chi connectivity index (χ0v) is 11.5. The number of nitrogen functional groups attached to an aromatic ring is 1. The zero-order chi connectivity index (χ0) is 14.7. The van der Waals surface area contributed by atoms with Gasteiger partial charge in [-0.3, -0.25) is 4.79 Å². The summed E-state index contributed by atoms with van der Waals surface area (Å²) < 4.78 is 12.9. The number of nitrogens with zero attached hydrogens (tertiary/aromatic N) is 1. The van der Waals surface area contributed by atoms with E-state index in [1.54, 1.807) is 48.3 Å². The van der Waals surface area contributed by atoms with Crippen LogP contribution in [0.4, 0.5) is 10.1 Å². The summed E-state index contributed by atoms with van der Waals surface area (Å²) in [6.07, 6.45) is 0. The van der Waals surface area contributed by atoms with E-state index in [9.17, 15) is 9.18 Å². The van der Waals surface area contributed by atoms with Gasteiger partial charge in [0.15, 0.2) is 0 Å². The Hall–Kier alpha value is -2.36. The van der Waals surface area contributed by atoms with Gasteiger partial charge in [0.05, 0.1) is 6.04 Å². The topological polar surface area (TPSA) is 46.3 Å². The number of anilines is 1. The second-order valence-corrected chi connectivity index (χ2v) is 4.77. The maximum atomic E-state index is 12.9. The molecular formula is C16H17FN2O. The molecule has 0 spiro atoms. The molecule has 3 nitrogen and oxygen atoms in total. The molecule has 1 amide bonds. The zero-order valence-electron chi connectivity index (χ0n) is 11.5. The van der Waals surface area contributed by atoms with E-state index in [1.165, 1.54) is 12.1 Å². The van der Waals surface area contributed by atoms with Gasteiger partial charge in [0, 0.05) is 18.3 Å². The van der Waals surface area contributed by atoms with Crippen LogP contribution >= 0.6 is 0 Å². The highest BCUT2D eigenvalue weighted by molar-refractivity contribution is 5.95. The molecule has 104 valence electrons. The number of nitrogens with two attached hydrogens (primary N) is 1. The molecule has 2 aromatic rings. The quantitative estimate of drug-likeness (QED) is 0.872. The molecule has 0 aliphatic rings. The Kier molecular flexibility index (Phi) is 4.03. The molecule has 0 aromatic heterocycles. The summed E-state index contributed by atoms with van der Waals surface area (Å²) >= 11 is 0. The fourth-order valence-corrected chi connectivity index (χ4v) is 2.02. The summed E-state index contributed by atoms with van der Waals surface area (Å²) in [7, 11) is 1.72. The predicted octanol–water partition coefficient (Wildman–Crippen LogP) is 3.24. The third kappa shape index (κ3) is 2.96. The summed E-state index contributed by atoms with van der Waals surface area (Å²) in [5.74, 6) is -0.403. The van der Waals surface area contributed by atoms with Crippen LogP contribution in [0.3, 0.4) is 0 Å². The van der Waals surface area contributed by atoms with Crippen LogP contribution < -0.4 is 5.73 Å². The first-order valence-corrected chi connectivity index (χ1v) is 6.37. The number of halogens is 1. The van der Waals surface area contributed by atoms with Crippen molar-refractivity contribution in [3.05, 3.63) is 65.5 Å². The van der Waals surface area contributed by atoms with Crippen LogP contribution in [0, 0.1) is 5.82 Å². The number of benzene rings is 2. The predicted molar refractivity (Wildman–Crippen MR) is 77.8 cm³/mol. The SMILES string of the molecule is CC(c1ccc(F)cc1)N(C)C(=O)c1cccc(N)c1. The number of carbonyl (C=O) groups excluding carboxylic acids is 1. The van der Waals surface area contributed by atoms with E-state index in [-0.39, 0.29) is 17.8 Å². The van der Waals surface area contributed by atoms with Crippen LogP contribution in [0.1, 0.15) is 28.9 Å². The minimum atomic E-state index is -0.286. The van der Waals surface area contributed by atoms with Crippen molar-refractivity contribution in [3.63, 3.8) is 0 Å². The average Bonchev–Trinajstić information content (AvgIpc) is 2.46. The molecule has 4 heteroatoms. The van der Waals surface area contributed by atoms with Gasteiger partial charge in [0.2, 0.25) is 0 Å². The maximum absolute atomic E-state index is 12.9. The Bertz CT molecular complexity index is 610. The van der Waals surface area contributed by atoms with Gasteiger partial charge in [0.25, 0.3) is 5.91 Å². The lowest BCUT2D eigenvalue weighted by Gasteiger charge is -2.25. The van der Waals surface area contributed by atoms with Gasteiger partial charge in [-0.25, -0.2) is 4.39 Å². The molecule has 2 aromatic carbocycles. The van der Waals surface area contributed by atoms with Gasteiger partial charge in [-0.2, -0.15) is 0 Å². The van der Waals surface area contributed by atoms with E-state index >= 15 is 0 Å². The Morgan fingerprint density at radius 1 is 1.20 bits per heavy atom. The molecule has 0 saturated carbocycles. The largest absolute Gasteiger partial charge is 0.399 e. The van der Waals surface area contributed by atoms with Gasteiger partial charge in [0.1, 0.15) is 5.82 Å². The highest BCUT2D eigenvalue weighted by atomic mass is 19.1. The summed E-state index contributed by atoms with van der Waals surface area (Å²) in [4.78, 5) is 14.0. The molecule has 0 radical (unpaired) electrons. The first kappa shape index (κ1) is 14.1. The van der Waals surface area contributed by atoms with E-state index in [0.717, 1.165) is 5.56 Å². The highest BCUT2D eigenvalue weighted by Gasteiger charge is 2.18. The van der Waals surface area contributed by atoms with Crippen LogP contribution in [-0.4, -0.2) is 17.9 Å². The fourth-order valence-electron chi connectivity index (χ4n) is 2.02. The average molecular weight is 272 g/mol. The van der Waals surface area contributed by atoms with E-state index in [0.29, 0.717) is 11.3 Å². The molecule has 20 heavy (non-hydrogen) atoms. The number of hydrogen-bond acceptors (Lipinski definition) is 2. The van der Waals surface area contributed by atoms with Crippen molar-refractivity contribution in [2.75, 3.05) is 12.8 Å². The molecule has 1 atom stereocenters. The van der Waals surface area contributed by atoms with Crippen LogP contribution in [0.25, 0.3) is 0 Å². The molecule has 2 N–H and O–H groups in total. The lowest BCUT2D eigenvalue weighted by molar-refractivity contribution is 0.0742. The van der Waals surface area contributed by atoms with Crippen molar-refractivity contribution in [1.82, 2.24) is 4.90 Å². The lowest BCUT2D eigenvalue weighted by Crippen LogP contribution is -2.29. The first-order chi connectivity index (χ1) is 9.49. The Balaban J connectivity index is 2.20. The van der Waals surface area contributed by atoms with Crippen LogP contribution in [0.15, 0.2) is 48.5 Å². The minimum absolute atomic E-state index is 0.117. The summed E-state index contributed by atoms with van der Waals surface area (Å²) in [5, 5.41) is 0. The van der Waals surface area contributed by atoms with E-state index < -0.39 is 0 Å². The monoisotopic (exact) mass is 272 g/mol. The molecule has 1 unspecified atom stereocenters. The normalized spacial score (nSPS) is 11.9. The second-order valence-electron chi connectivity index (χ2n) is 4.77. The highest BCUT2D eigenvalue weighted by Crippen LogP contribution is 2.21.